The molecule has 0 saturated carbocycles. The van der Waals surface area contributed by atoms with Gasteiger partial charge in [0.25, 0.3) is 0 Å². The molecule has 106 valence electrons. The average molecular weight is 304 g/mol. The number of sulfone groups is 1. The molecule has 1 aliphatic heterocycles. The predicted octanol–water partition coefficient (Wildman–Crippen LogP) is 1.80. The standard InChI is InChI=1S/C13H18ClNO3S/c1-10-8-12(2-3-13(10)14)18-6-5-15-11-4-7-19(16,17)9-11/h2-3,8,11,15H,4-7,9H2,1H3. The fourth-order valence-corrected chi connectivity index (χ4v) is 3.92. The number of hydrogen-bond acceptors (Lipinski definition) is 4. The number of nitrogens with one attached hydrogen (secondary N) is 1. The first-order chi connectivity index (χ1) is 8.96. The molecule has 0 spiro atoms. The van der Waals surface area contributed by atoms with Crippen LogP contribution in [0.3, 0.4) is 0 Å². The van der Waals surface area contributed by atoms with Crippen molar-refractivity contribution in [1.82, 2.24) is 5.32 Å². The van der Waals surface area contributed by atoms with Crippen LogP contribution in [0.15, 0.2) is 18.2 Å². The number of rotatable bonds is 5. The number of ether oxygens (including phenoxy) is 1. The third-order valence-corrected chi connectivity index (χ3v) is 5.36. The Bertz CT molecular complexity index is 545. The van der Waals surface area contributed by atoms with Crippen molar-refractivity contribution in [2.45, 2.75) is 19.4 Å². The van der Waals surface area contributed by atoms with Crippen LogP contribution in [-0.4, -0.2) is 39.1 Å². The van der Waals surface area contributed by atoms with Crippen molar-refractivity contribution >= 4 is 21.4 Å². The van der Waals surface area contributed by atoms with E-state index in [2.05, 4.69) is 5.32 Å². The maximum absolute atomic E-state index is 11.3. The van der Waals surface area contributed by atoms with Gasteiger partial charge in [0.15, 0.2) is 9.84 Å². The van der Waals surface area contributed by atoms with Crippen molar-refractivity contribution in [3.05, 3.63) is 28.8 Å². The molecular weight excluding hydrogens is 286 g/mol. The second-order valence-corrected chi connectivity index (χ2v) is 7.45. The first-order valence-electron chi connectivity index (χ1n) is 6.29. The summed E-state index contributed by atoms with van der Waals surface area (Å²) < 4.78 is 28.1. The van der Waals surface area contributed by atoms with Crippen LogP contribution in [0.2, 0.25) is 5.02 Å². The lowest BCUT2D eigenvalue weighted by Gasteiger charge is -2.12. The van der Waals surface area contributed by atoms with E-state index < -0.39 is 9.84 Å². The molecule has 4 nitrogen and oxygen atoms in total. The highest BCUT2D eigenvalue weighted by molar-refractivity contribution is 7.91. The number of halogens is 1. The van der Waals surface area contributed by atoms with E-state index in [0.29, 0.717) is 25.3 Å². The Labute approximate surface area is 119 Å². The zero-order valence-corrected chi connectivity index (χ0v) is 12.4. The predicted molar refractivity (Wildman–Crippen MR) is 76.7 cm³/mol. The zero-order valence-electron chi connectivity index (χ0n) is 10.9. The van der Waals surface area contributed by atoms with Crippen LogP contribution in [0.5, 0.6) is 5.75 Å². The Morgan fingerprint density at radius 2 is 2.26 bits per heavy atom. The lowest BCUT2D eigenvalue weighted by atomic mass is 10.2. The summed E-state index contributed by atoms with van der Waals surface area (Å²) in [5.41, 5.74) is 0.981. The van der Waals surface area contributed by atoms with Gasteiger partial charge >= 0.3 is 0 Å². The molecule has 0 aliphatic carbocycles. The first-order valence-corrected chi connectivity index (χ1v) is 8.49. The van der Waals surface area contributed by atoms with Gasteiger partial charge in [-0.3, -0.25) is 0 Å². The highest BCUT2D eigenvalue weighted by Crippen LogP contribution is 2.20. The summed E-state index contributed by atoms with van der Waals surface area (Å²) in [7, 11) is -2.81. The van der Waals surface area contributed by atoms with Crippen molar-refractivity contribution < 1.29 is 13.2 Å². The molecule has 1 aliphatic rings. The monoisotopic (exact) mass is 303 g/mol. The molecule has 0 radical (unpaired) electrons. The molecule has 2 rings (SSSR count). The number of aryl methyl sites for hydroxylation is 1. The second kappa shape index (κ2) is 6.11. The van der Waals surface area contributed by atoms with E-state index >= 15 is 0 Å². The molecule has 1 N–H and O–H groups in total. The van der Waals surface area contributed by atoms with Crippen molar-refractivity contribution in [2.24, 2.45) is 0 Å². The van der Waals surface area contributed by atoms with Crippen molar-refractivity contribution in [2.75, 3.05) is 24.7 Å². The van der Waals surface area contributed by atoms with Gasteiger partial charge in [0, 0.05) is 17.6 Å². The van der Waals surface area contributed by atoms with Crippen LogP contribution >= 0.6 is 11.6 Å². The van der Waals surface area contributed by atoms with Gasteiger partial charge in [-0.15, -0.1) is 0 Å². The summed E-state index contributed by atoms with van der Waals surface area (Å²) in [6.07, 6.45) is 0.697. The molecule has 1 atom stereocenters. The Morgan fingerprint density at radius 1 is 1.47 bits per heavy atom. The van der Waals surface area contributed by atoms with Gasteiger partial charge in [-0.1, -0.05) is 11.6 Å². The van der Waals surface area contributed by atoms with Crippen molar-refractivity contribution in [1.29, 1.82) is 0 Å². The molecule has 0 bridgehead atoms. The molecular formula is C13H18ClNO3S. The summed E-state index contributed by atoms with van der Waals surface area (Å²) in [5.74, 6) is 1.32. The van der Waals surface area contributed by atoms with Crippen LogP contribution < -0.4 is 10.1 Å². The molecule has 19 heavy (non-hydrogen) atoms. The van der Waals surface area contributed by atoms with E-state index in [1.54, 1.807) is 0 Å². The summed E-state index contributed by atoms with van der Waals surface area (Å²) in [6.45, 7) is 3.08. The fourth-order valence-electron chi connectivity index (χ4n) is 2.09. The topological polar surface area (TPSA) is 55.4 Å². The maximum Gasteiger partial charge on any atom is 0.151 e. The Balaban J connectivity index is 1.71. The largest absolute Gasteiger partial charge is 0.492 e. The Morgan fingerprint density at radius 3 is 2.89 bits per heavy atom. The highest BCUT2D eigenvalue weighted by atomic mass is 35.5. The van der Waals surface area contributed by atoms with Crippen molar-refractivity contribution in [3.63, 3.8) is 0 Å². The van der Waals surface area contributed by atoms with E-state index in [9.17, 15) is 8.42 Å². The van der Waals surface area contributed by atoms with Gasteiger partial charge in [-0.2, -0.15) is 0 Å². The molecule has 1 aromatic carbocycles. The minimum atomic E-state index is -2.81. The third kappa shape index (κ3) is 4.37. The molecule has 1 fully saturated rings. The van der Waals surface area contributed by atoms with Gasteiger partial charge in [-0.25, -0.2) is 8.42 Å². The minimum absolute atomic E-state index is 0.0700. The van der Waals surface area contributed by atoms with Crippen LogP contribution in [0.25, 0.3) is 0 Å². The summed E-state index contributed by atoms with van der Waals surface area (Å²) in [5, 5.41) is 3.93. The molecule has 1 aromatic rings. The van der Waals surface area contributed by atoms with E-state index in [-0.39, 0.29) is 11.8 Å². The van der Waals surface area contributed by atoms with Gasteiger partial charge < -0.3 is 10.1 Å². The van der Waals surface area contributed by atoms with E-state index in [1.165, 1.54) is 0 Å². The highest BCUT2D eigenvalue weighted by Gasteiger charge is 2.26. The lowest BCUT2D eigenvalue weighted by Crippen LogP contribution is -2.33. The van der Waals surface area contributed by atoms with Crippen molar-refractivity contribution in [3.8, 4) is 5.75 Å². The van der Waals surface area contributed by atoms with E-state index in [1.807, 2.05) is 25.1 Å². The summed E-state index contributed by atoms with van der Waals surface area (Å²) >= 11 is 5.93. The van der Waals surface area contributed by atoms with E-state index in [0.717, 1.165) is 16.3 Å². The fraction of sp³-hybridized carbons (Fsp3) is 0.538. The molecule has 0 amide bonds. The van der Waals surface area contributed by atoms with Gasteiger partial charge in [0.05, 0.1) is 11.5 Å². The van der Waals surface area contributed by atoms with Crippen LogP contribution in [0.1, 0.15) is 12.0 Å². The van der Waals surface area contributed by atoms with Crippen LogP contribution in [-0.2, 0) is 9.84 Å². The summed E-state index contributed by atoms with van der Waals surface area (Å²) in [6, 6.07) is 5.60. The molecule has 0 aromatic heterocycles. The normalized spacial score (nSPS) is 21.5. The first kappa shape index (κ1) is 14.6. The summed E-state index contributed by atoms with van der Waals surface area (Å²) in [4.78, 5) is 0. The average Bonchev–Trinajstić information content (AvgIpc) is 2.69. The molecule has 1 heterocycles. The Hall–Kier alpha value is -0.780. The Kier molecular flexibility index (Phi) is 4.71. The maximum atomic E-state index is 11.3. The van der Waals surface area contributed by atoms with Crippen LogP contribution in [0, 0.1) is 6.92 Å². The zero-order chi connectivity index (χ0) is 13.9. The second-order valence-electron chi connectivity index (χ2n) is 4.81. The van der Waals surface area contributed by atoms with Gasteiger partial charge in [0.2, 0.25) is 0 Å². The SMILES string of the molecule is Cc1cc(OCCNC2CCS(=O)(=O)C2)ccc1Cl. The molecule has 1 saturated heterocycles. The minimum Gasteiger partial charge on any atom is -0.492 e. The quantitative estimate of drug-likeness (QED) is 0.843. The lowest BCUT2D eigenvalue weighted by molar-refractivity contribution is 0.307. The molecule has 1 unspecified atom stereocenters. The van der Waals surface area contributed by atoms with Gasteiger partial charge in [0.1, 0.15) is 12.4 Å². The van der Waals surface area contributed by atoms with Crippen LogP contribution in [0.4, 0.5) is 0 Å². The van der Waals surface area contributed by atoms with Gasteiger partial charge in [-0.05, 0) is 37.1 Å². The number of hydrogen-bond donors (Lipinski definition) is 1. The number of benzene rings is 1. The third-order valence-electron chi connectivity index (χ3n) is 3.17. The smallest absolute Gasteiger partial charge is 0.151 e. The van der Waals surface area contributed by atoms with E-state index in [4.69, 9.17) is 16.3 Å². The molecule has 6 heteroatoms.